The van der Waals surface area contributed by atoms with Gasteiger partial charge in [0.05, 0.1) is 11.8 Å². The van der Waals surface area contributed by atoms with E-state index >= 15 is 0 Å². The molecule has 0 heterocycles. The number of rotatable bonds is 4. The molecule has 0 amide bonds. The van der Waals surface area contributed by atoms with E-state index < -0.39 is 10.1 Å². The van der Waals surface area contributed by atoms with E-state index in [4.69, 9.17) is 4.74 Å². The maximum Gasteiger partial charge on any atom is 0.333 e. The SMILES string of the molecule is CC(OCC(=O)c1ccccc1)=[N+](C)C.Cc1ccc(S(=O)(=O)[O-])cc1. The van der Waals surface area contributed by atoms with Crippen LogP contribution >= 0.6 is 0 Å². The maximum atomic E-state index is 11.6. The Morgan fingerprint density at radius 1 is 1.04 bits per heavy atom. The molecule has 26 heavy (non-hydrogen) atoms. The lowest BCUT2D eigenvalue weighted by molar-refractivity contribution is -0.474. The number of hydrogen-bond acceptors (Lipinski definition) is 5. The summed E-state index contributed by atoms with van der Waals surface area (Å²) in [6.07, 6.45) is 0. The van der Waals surface area contributed by atoms with E-state index in [1.54, 1.807) is 24.3 Å². The molecule has 0 bridgehead atoms. The second kappa shape index (κ2) is 9.84. The van der Waals surface area contributed by atoms with Crippen LogP contribution in [0.3, 0.4) is 0 Å². The van der Waals surface area contributed by atoms with Gasteiger partial charge in [0.2, 0.25) is 0 Å². The first kappa shape index (κ1) is 21.5. The van der Waals surface area contributed by atoms with Crippen LogP contribution in [0.1, 0.15) is 22.8 Å². The van der Waals surface area contributed by atoms with Crippen LogP contribution in [-0.2, 0) is 14.9 Å². The van der Waals surface area contributed by atoms with Gasteiger partial charge in [0.15, 0.2) is 12.4 Å². The lowest BCUT2D eigenvalue weighted by Crippen LogP contribution is -2.18. The quantitative estimate of drug-likeness (QED) is 0.269. The van der Waals surface area contributed by atoms with Crippen LogP contribution in [0.15, 0.2) is 59.5 Å². The molecule has 0 aliphatic heterocycles. The summed E-state index contributed by atoms with van der Waals surface area (Å²) in [5, 5.41) is 0. The summed E-state index contributed by atoms with van der Waals surface area (Å²) in [5.74, 6) is 0.732. The molecule has 0 aliphatic rings. The Morgan fingerprint density at radius 3 is 2.04 bits per heavy atom. The average Bonchev–Trinajstić information content (AvgIpc) is 2.60. The lowest BCUT2D eigenvalue weighted by Gasteiger charge is -2.05. The van der Waals surface area contributed by atoms with Crippen LogP contribution in [0.4, 0.5) is 0 Å². The van der Waals surface area contributed by atoms with E-state index in [-0.39, 0.29) is 17.3 Å². The van der Waals surface area contributed by atoms with Crippen molar-refractivity contribution in [3.8, 4) is 0 Å². The fraction of sp³-hybridized carbons (Fsp3) is 0.263. The molecule has 7 heteroatoms. The Morgan fingerprint density at radius 2 is 1.58 bits per heavy atom. The second-order valence-corrected chi connectivity index (χ2v) is 7.14. The largest absolute Gasteiger partial charge is 0.744 e. The molecule has 2 aromatic rings. The van der Waals surface area contributed by atoms with Gasteiger partial charge in [-0.3, -0.25) is 4.79 Å². The Bertz CT molecular complexity index is 853. The lowest BCUT2D eigenvalue weighted by atomic mass is 10.1. The van der Waals surface area contributed by atoms with E-state index in [1.165, 1.54) is 12.1 Å². The van der Waals surface area contributed by atoms with Crippen molar-refractivity contribution in [2.45, 2.75) is 18.7 Å². The fourth-order valence-corrected chi connectivity index (χ4v) is 2.18. The molecule has 2 aromatic carbocycles. The Labute approximate surface area is 154 Å². The van der Waals surface area contributed by atoms with Gasteiger partial charge in [0.25, 0.3) is 0 Å². The molecule has 0 unspecified atom stereocenters. The van der Waals surface area contributed by atoms with Gasteiger partial charge >= 0.3 is 5.90 Å². The number of nitrogens with zero attached hydrogens (tertiary/aromatic N) is 1. The summed E-state index contributed by atoms with van der Waals surface area (Å²) in [4.78, 5) is 11.4. The summed E-state index contributed by atoms with van der Waals surface area (Å²) in [5.41, 5.74) is 1.61. The van der Waals surface area contributed by atoms with Crippen LogP contribution in [0.25, 0.3) is 0 Å². The third-order valence-electron chi connectivity index (χ3n) is 3.45. The van der Waals surface area contributed by atoms with Crippen LogP contribution in [0.2, 0.25) is 0 Å². The molecule has 0 saturated heterocycles. The smallest absolute Gasteiger partial charge is 0.333 e. The highest BCUT2D eigenvalue weighted by Gasteiger charge is 2.08. The van der Waals surface area contributed by atoms with E-state index in [9.17, 15) is 17.8 Å². The first-order chi connectivity index (χ1) is 12.1. The van der Waals surface area contributed by atoms with Crippen molar-refractivity contribution < 1.29 is 27.1 Å². The highest BCUT2D eigenvalue weighted by Crippen LogP contribution is 2.08. The molecule has 0 N–H and O–H groups in total. The van der Waals surface area contributed by atoms with Gasteiger partial charge in [-0.2, -0.15) is 0 Å². The number of hydrogen-bond donors (Lipinski definition) is 0. The summed E-state index contributed by atoms with van der Waals surface area (Å²) < 4.78 is 38.3. The summed E-state index contributed by atoms with van der Waals surface area (Å²) in [6, 6.07) is 14.9. The van der Waals surface area contributed by atoms with Crippen molar-refractivity contribution in [3.05, 3.63) is 65.7 Å². The molecule has 0 fully saturated rings. The van der Waals surface area contributed by atoms with E-state index in [0.29, 0.717) is 5.56 Å². The minimum absolute atomic E-state index is 0.00296. The Balaban J connectivity index is 0.000000273. The van der Waals surface area contributed by atoms with Crippen LogP contribution in [-0.4, -0.2) is 49.9 Å². The van der Waals surface area contributed by atoms with Gasteiger partial charge in [0.1, 0.15) is 24.2 Å². The number of ketones is 1. The van der Waals surface area contributed by atoms with Crippen molar-refractivity contribution in [2.24, 2.45) is 0 Å². The van der Waals surface area contributed by atoms with Gasteiger partial charge in [-0.1, -0.05) is 48.0 Å². The zero-order valence-corrected chi connectivity index (χ0v) is 16.1. The van der Waals surface area contributed by atoms with Gasteiger partial charge in [-0.15, -0.1) is 0 Å². The molecule has 2 rings (SSSR count). The number of aryl methyl sites for hydroxylation is 1. The summed E-state index contributed by atoms with van der Waals surface area (Å²) in [6.45, 7) is 3.74. The van der Waals surface area contributed by atoms with E-state index in [1.807, 2.05) is 50.7 Å². The molecule has 0 saturated carbocycles. The predicted molar refractivity (Wildman–Crippen MR) is 98.7 cm³/mol. The summed E-state index contributed by atoms with van der Waals surface area (Å²) in [7, 11) is -0.515. The van der Waals surface area contributed by atoms with E-state index in [0.717, 1.165) is 11.5 Å². The molecule has 0 aromatic heterocycles. The molecule has 0 aliphatic carbocycles. The first-order valence-electron chi connectivity index (χ1n) is 7.85. The molecular weight excluding hydrogens is 354 g/mol. The maximum absolute atomic E-state index is 11.6. The van der Waals surface area contributed by atoms with Crippen molar-refractivity contribution >= 4 is 21.8 Å². The molecule has 0 spiro atoms. The van der Waals surface area contributed by atoms with Gasteiger partial charge < -0.3 is 9.29 Å². The van der Waals surface area contributed by atoms with Crippen LogP contribution in [0, 0.1) is 6.92 Å². The van der Waals surface area contributed by atoms with Crippen LogP contribution < -0.4 is 0 Å². The van der Waals surface area contributed by atoms with Crippen molar-refractivity contribution in [3.63, 3.8) is 0 Å². The number of benzene rings is 2. The zero-order chi connectivity index (χ0) is 19.7. The topological polar surface area (TPSA) is 86.5 Å². The van der Waals surface area contributed by atoms with Crippen molar-refractivity contribution in [1.82, 2.24) is 0 Å². The summed E-state index contributed by atoms with van der Waals surface area (Å²) >= 11 is 0. The van der Waals surface area contributed by atoms with Gasteiger partial charge in [-0.05, 0) is 19.1 Å². The normalized spacial score (nSPS) is 10.3. The Kier molecular flexibility index (Phi) is 8.15. The first-order valence-corrected chi connectivity index (χ1v) is 9.26. The molecular formula is C19H23NO5S. The minimum atomic E-state index is -4.27. The number of ether oxygens (including phenoxy) is 1. The highest BCUT2D eigenvalue weighted by atomic mass is 32.2. The molecule has 0 atom stereocenters. The molecule has 140 valence electrons. The third kappa shape index (κ3) is 7.58. The number of carbonyl (C=O) groups excluding carboxylic acids is 1. The molecule has 0 radical (unpaired) electrons. The van der Waals surface area contributed by atoms with Gasteiger partial charge in [0, 0.05) is 5.56 Å². The second-order valence-electron chi connectivity index (χ2n) is 5.76. The van der Waals surface area contributed by atoms with Crippen molar-refractivity contribution in [2.75, 3.05) is 20.7 Å². The van der Waals surface area contributed by atoms with Crippen LogP contribution in [0.5, 0.6) is 0 Å². The standard InChI is InChI=1S/C12H16NO2.C7H8O3S/c1-10(13(2)3)15-9-12(14)11-7-5-4-6-8-11;1-6-2-4-7(5-3-6)11(8,9)10/h4-8H,9H2,1-3H3;2-5H,1H3,(H,8,9,10)/q+1;/p-1. The number of Topliss-reactive ketones (excluding diaryl/α,β-unsaturated/α-hetero) is 1. The van der Waals surface area contributed by atoms with E-state index in [2.05, 4.69) is 0 Å². The molecule has 6 nitrogen and oxygen atoms in total. The van der Waals surface area contributed by atoms with Crippen molar-refractivity contribution in [1.29, 1.82) is 0 Å². The monoisotopic (exact) mass is 377 g/mol. The van der Waals surface area contributed by atoms with Gasteiger partial charge in [-0.25, -0.2) is 13.0 Å². The fourth-order valence-electron chi connectivity index (χ4n) is 1.71. The number of carbonyl (C=O) groups is 1. The third-order valence-corrected chi connectivity index (χ3v) is 4.30. The zero-order valence-electron chi connectivity index (χ0n) is 15.3. The minimum Gasteiger partial charge on any atom is -0.744 e. The average molecular weight is 377 g/mol. The Hall–Kier alpha value is -2.51. The predicted octanol–water partition coefficient (Wildman–Crippen LogP) is 2.48. The highest BCUT2D eigenvalue weighted by molar-refractivity contribution is 7.85.